The van der Waals surface area contributed by atoms with Gasteiger partial charge in [0.05, 0.1) is 24.6 Å². The number of nitrogens with one attached hydrogen (secondary N) is 1. The highest BCUT2D eigenvalue weighted by molar-refractivity contribution is 5.96. The van der Waals surface area contributed by atoms with Gasteiger partial charge >= 0.3 is 0 Å². The van der Waals surface area contributed by atoms with Crippen molar-refractivity contribution in [3.63, 3.8) is 0 Å². The fourth-order valence-corrected chi connectivity index (χ4v) is 2.39. The van der Waals surface area contributed by atoms with Crippen molar-refractivity contribution in [1.29, 1.82) is 0 Å². The van der Waals surface area contributed by atoms with Gasteiger partial charge in [0.15, 0.2) is 11.5 Å². The van der Waals surface area contributed by atoms with Gasteiger partial charge in [-0.05, 0) is 18.8 Å². The van der Waals surface area contributed by atoms with Crippen LogP contribution in [0.4, 0.5) is 11.4 Å². The fourth-order valence-electron chi connectivity index (χ4n) is 2.39. The maximum absolute atomic E-state index is 12.1. The van der Waals surface area contributed by atoms with Crippen molar-refractivity contribution in [3.05, 3.63) is 12.1 Å². The van der Waals surface area contributed by atoms with Crippen LogP contribution in [0.3, 0.4) is 0 Å². The maximum Gasteiger partial charge on any atom is 0.227 e. The second kappa shape index (κ2) is 5.23. The molecule has 1 aliphatic heterocycles. The Balaban J connectivity index is 1.78. The highest BCUT2D eigenvalue weighted by atomic mass is 16.5. The number of benzene rings is 1. The van der Waals surface area contributed by atoms with Gasteiger partial charge in [-0.3, -0.25) is 4.79 Å². The topological polar surface area (TPSA) is 73.6 Å². The highest BCUT2D eigenvalue weighted by Crippen LogP contribution is 2.39. The molecule has 0 radical (unpaired) electrons. The summed E-state index contributed by atoms with van der Waals surface area (Å²) >= 11 is 0. The molecule has 2 aliphatic rings. The molecule has 1 unspecified atom stereocenters. The number of ether oxygens (including phenoxy) is 2. The molecule has 108 valence electrons. The number of rotatable bonds is 3. The number of amides is 1. The van der Waals surface area contributed by atoms with E-state index in [0.717, 1.165) is 19.3 Å². The molecule has 0 bridgehead atoms. The number of hydrogen-bond acceptors (Lipinski definition) is 4. The molecule has 1 heterocycles. The lowest BCUT2D eigenvalue weighted by Gasteiger charge is -2.15. The molecular weight excluding hydrogens is 256 g/mol. The van der Waals surface area contributed by atoms with Crippen LogP contribution in [-0.2, 0) is 4.79 Å². The lowest BCUT2D eigenvalue weighted by Crippen LogP contribution is -2.22. The first-order valence-corrected chi connectivity index (χ1v) is 7.15. The normalized spacial score (nSPS) is 19.1. The van der Waals surface area contributed by atoms with Crippen molar-refractivity contribution >= 4 is 17.3 Å². The SMILES string of the molecule is CC(C(=O)Nc1cc2c(cc1N)OCCCO2)C1CC1. The Morgan fingerprint density at radius 2 is 1.95 bits per heavy atom. The van der Waals surface area contributed by atoms with Crippen LogP contribution in [0.5, 0.6) is 11.5 Å². The van der Waals surface area contributed by atoms with Crippen molar-refractivity contribution in [1.82, 2.24) is 0 Å². The Labute approximate surface area is 118 Å². The average Bonchev–Trinajstić information content (AvgIpc) is 3.25. The van der Waals surface area contributed by atoms with Gasteiger partial charge in [-0.2, -0.15) is 0 Å². The van der Waals surface area contributed by atoms with Crippen molar-refractivity contribution in [3.8, 4) is 11.5 Å². The zero-order chi connectivity index (χ0) is 14.1. The van der Waals surface area contributed by atoms with Crippen molar-refractivity contribution in [2.75, 3.05) is 24.3 Å². The van der Waals surface area contributed by atoms with Crippen LogP contribution < -0.4 is 20.5 Å². The summed E-state index contributed by atoms with van der Waals surface area (Å²) in [6, 6.07) is 3.48. The van der Waals surface area contributed by atoms with Crippen LogP contribution >= 0.6 is 0 Å². The van der Waals surface area contributed by atoms with E-state index in [0.29, 0.717) is 42.0 Å². The van der Waals surface area contributed by atoms with Gasteiger partial charge in [0.25, 0.3) is 0 Å². The molecule has 1 atom stereocenters. The summed E-state index contributed by atoms with van der Waals surface area (Å²) in [6.07, 6.45) is 3.13. The number of carbonyl (C=O) groups excluding carboxylic acids is 1. The van der Waals surface area contributed by atoms with E-state index in [2.05, 4.69) is 5.32 Å². The standard InChI is InChI=1S/C15H20N2O3/c1-9(10-3-4-10)15(18)17-12-8-14-13(7-11(12)16)19-5-2-6-20-14/h7-10H,2-6,16H2,1H3,(H,17,18). The minimum Gasteiger partial charge on any atom is -0.489 e. The Kier molecular flexibility index (Phi) is 3.42. The summed E-state index contributed by atoms with van der Waals surface area (Å²) in [5.74, 6) is 1.87. The monoisotopic (exact) mass is 276 g/mol. The van der Waals surface area contributed by atoms with E-state index in [1.807, 2.05) is 6.92 Å². The van der Waals surface area contributed by atoms with Gasteiger partial charge < -0.3 is 20.5 Å². The quantitative estimate of drug-likeness (QED) is 0.831. The number of hydrogen-bond donors (Lipinski definition) is 2. The van der Waals surface area contributed by atoms with Gasteiger partial charge in [-0.15, -0.1) is 0 Å². The molecule has 3 N–H and O–H groups in total. The first kappa shape index (κ1) is 13.1. The molecule has 0 saturated heterocycles. The molecule has 1 fully saturated rings. The van der Waals surface area contributed by atoms with Crippen LogP contribution in [0.1, 0.15) is 26.2 Å². The number of nitrogen functional groups attached to an aromatic ring is 1. The van der Waals surface area contributed by atoms with Crippen LogP contribution in [0.25, 0.3) is 0 Å². The van der Waals surface area contributed by atoms with E-state index in [1.165, 1.54) is 0 Å². The molecular formula is C15H20N2O3. The molecule has 5 heteroatoms. The van der Waals surface area contributed by atoms with Crippen molar-refractivity contribution < 1.29 is 14.3 Å². The number of anilines is 2. The van der Waals surface area contributed by atoms with Crippen molar-refractivity contribution in [2.45, 2.75) is 26.2 Å². The third kappa shape index (κ3) is 2.66. The zero-order valence-electron chi connectivity index (χ0n) is 11.6. The second-order valence-electron chi connectivity index (χ2n) is 5.55. The summed E-state index contributed by atoms with van der Waals surface area (Å²) in [7, 11) is 0. The summed E-state index contributed by atoms with van der Waals surface area (Å²) in [6.45, 7) is 3.20. The van der Waals surface area contributed by atoms with E-state index < -0.39 is 0 Å². The number of fused-ring (bicyclic) bond motifs is 1. The zero-order valence-corrected chi connectivity index (χ0v) is 11.6. The molecule has 1 amide bonds. The summed E-state index contributed by atoms with van der Waals surface area (Å²) in [5, 5.41) is 2.90. The average molecular weight is 276 g/mol. The highest BCUT2D eigenvalue weighted by Gasteiger charge is 2.32. The lowest BCUT2D eigenvalue weighted by molar-refractivity contribution is -0.119. The predicted octanol–water partition coefficient (Wildman–Crippen LogP) is 2.41. The Bertz CT molecular complexity index is 526. The summed E-state index contributed by atoms with van der Waals surface area (Å²) in [5.41, 5.74) is 7.09. The van der Waals surface area contributed by atoms with Gasteiger partial charge in [-0.1, -0.05) is 6.92 Å². The van der Waals surface area contributed by atoms with E-state index in [1.54, 1.807) is 12.1 Å². The molecule has 20 heavy (non-hydrogen) atoms. The first-order valence-electron chi connectivity index (χ1n) is 7.15. The van der Waals surface area contributed by atoms with E-state index in [-0.39, 0.29) is 11.8 Å². The minimum atomic E-state index is 0.0219. The fraction of sp³-hybridized carbons (Fsp3) is 0.533. The maximum atomic E-state index is 12.1. The van der Waals surface area contributed by atoms with Crippen molar-refractivity contribution in [2.24, 2.45) is 11.8 Å². The third-order valence-corrected chi connectivity index (χ3v) is 3.92. The molecule has 1 aliphatic carbocycles. The Morgan fingerprint density at radius 3 is 2.60 bits per heavy atom. The molecule has 1 aromatic rings. The van der Waals surface area contributed by atoms with E-state index in [9.17, 15) is 4.79 Å². The smallest absolute Gasteiger partial charge is 0.227 e. The summed E-state index contributed by atoms with van der Waals surface area (Å²) in [4.78, 5) is 12.1. The molecule has 0 aromatic heterocycles. The molecule has 0 spiro atoms. The number of nitrogens with two attached hydrogens (primary N) is 1. The largest absolute Gasteiger partial charge is 0.489 e. The summed E-state index contributed by atoms with van der Waals surface area (Å²) < 4.78 is 11.2. The van der Waals surface area contributed by atoms with Crippen LogP contribution in [0, 0.1) is 11.8 Å². The van der Waals surface area contributed by atoms with Crippen LogP contribution in [0.2, 0.25) is 0 Å². The second-order valence-corrected chi connectivity index (χ2v) is 5.55. The number of carbonyl (C=O) groups is 1. The van der Waals surface area contributed by atoms with Gasteiger partial charge in [0.1, 0.15) is 0 Å². The minimum absolute atomic E-state index is 0.0219. The van der Waals surface area contributed by atoms with Gasteiger partial charge in [0, 0.05) is 24.5 Å². The lowest BCUT2D eigenvalue weighted by atomic mass is 10.1. The first-order chi connectivity index (χ1) is 9.65. The Hall–Kier alpha value is -1.91. The van der Waals surface area contributed by atoms with E-state index >= 15 is 0 Å². The van der Waals surface area contributed by atoms with Crippen LogP contribution in [0.15, 0.2) is 12.1 Å². The van der Waals surface area contributed by atoms with Gasteiger partial charge in [-0.25, -0.2) is 0 Å². The van der Waals surface area contributed by atoms with E-state index in [4.69, 9.17) is 15.2 Å². The van der Waals surface area contributed by atoms with Gasteiger partial charge in [0.2, 0.25) is 5.91 Å². The third-order valence-electron chi connectivity index (χ3n) is 3.92. The molecule has 5 nitrogen and oxygen atoms in total. The molecule has 3 rings (SSSR count). The van der Waals surface area contributed by atoms with Crippen LogP contribution in [-0.4, -0.2) is 19.1 Å². The Morgan fingerprint density at radius 1 is 1.30 bits per heavy atom. The molecule has 1 aromatic carbocycles. The molecule has 1 saturated carbocycles. The predicted molar refractivity (Wildman–Crippen MR) is 77.0 cm³/mol.